The maximum absolute atomic E-state index is 13.0. The molecular formula is C28H33N5O2. The van der Waals surface area contributed by atoms with Gasteiger partial charge in [-0.05, 0) is 67.1 Å². The zero-order valence-corrected chi connectivity index (χ0v) is 20.3. The van der Waals surface area contributed by atoms with Crippen LogP contribution in [0.3, 0.4) is 0 Å². The second kappa shape index (κ2) is 10.8. The lowest BCUT2D eigenvalue weighted by Gasteiger charge is -2.36. The minimum Gasteiger partial charge on any atom is -0.497 e. The van der Waals surface area contributed by atoms with E-state index >= 15 is 0 Å². The number of rotatable bonds is 6. The summed E-state index contributed by atoms with van der Waals surface area (Å²) < 4.78 is 5.24. The van der Waals surface area contributed by atoms with E-state index in [0.29, 0.717) is 24.7 Å². The molecule has 7 heteroatoms. The number of ether oxygens (including phenoxy) is 1. The number of hydrogen-bond donors (Lipinski definition) is 0. The van der Waals surface area contributed by atoms with E-state index in [9.17, 15) is 4.79 Å². The van der Waals surface area contributed by atoms with Gasteiger partial charge < -0.3 is 19.4 Å². The smallest absolute Gasteiger partial charge is 0.274 e. The number of amides is 1. The Bertz CT molecular complexity index is 1090. The van der Waals surface area contributed by atoms with Gasteiger partial charge in [-0.2, -0.15) is 0 Å². The number of carbonyl (C=O) groups excluding carboxylic acids is 1. The predicted molar refractivity (Wildman–Crippen MR) is 138 cm³/mol. The van der Waals surface area contributed by atoms with Gasteiger partial charge in [0.15, 0.2) is 11.5 Å². The normalized spacial score (nSPS) is 16.9. The Morgan fingerprint density at radius 2 is 1.54 bits per heavy atom. The number of hydrogen-bond acceptors (Lipinski definition) is 6. The fourth-order valence-corrected chi connectivity index (χ4v) is 5.04. The number of benzene rings is 2. The Morgan fingerprint density at radius 3 is 2.17 bits per heavy atom. The molecule has 2 fully saturated rings. The molecule has 1 aromatic heterocycles. The topological polar surface area (TPSA) is 61.8 Å². The number of anilines is 2. The molecule has 35 heavy (non-hydrogen) atoms. The van der Waals surface area contributed by atoms with Crippen LogP contribution in [0.15, 0.2) is 66.7 Å². The molecule has 2 aromatic carbocycles. The predicted octanol–water partition coefficient (Wildman–Crippen LogP) is 3.91. The van der Waals surface area contributed by atoms with Crippen molar-refractivity contribution in [3.63, 3.8) is 0 Å². The van der Waals surface area contributed by atoms with Crippen molar-refractivity contribution in [2.45, 2.75) is 19.3 Å². The Balaban J connectivity index is 1.11. The van der Waals surface area contributed by atoms with Gasteiger partial charge in [-0.1, -0.05) is 30.3 Å². The number of piperidine rings is 1. The molecule has 2 aliphatic heterocycles. The first-order chi connectivity index (χ1) is 17.2. The van der Waals surface area contributed by atoms with Crippen LogP contribution in [0.5, 0.6) is 5.75 Å². The molecule has 0 aliphatic carbocycles. The molecule has 2 aliphatic rings. The number of nitrogens with zero attached hydrogens (tertiary/aromatic N) is 5. The fourth-order valence-electron chi connectivity index (χ4n) is 5.04. The fraction of sp³-hybridized carbons (Fsp3) is 0.393. The van der Waals surface area contributed by atoms with Crippen molar-refractivity contribution in [1.82, 2.24) is 15.1 Å². The highest BCUT2D eigenvalue weighted by Gasteiger charge is 2.25. The summed E-state index contributed by atoms with van der Waals surface area (Å²) in [5.41, 5.74) is 2.98. The van der Waals surface area contributed by atoms with Crippen molar-refractivity contribution in [3.05, 3.63) is 78.0 Å². The third-order valence-electron chi connectivity index (χ3n) is 7.18. The molecule has 0 bridgehead atoms. The van der Waals surface area contributed by atoms with Crippen LogP contribution in [0.25, 0.3) is 0 Å². The van der Waals surface area contributed by atoms with Crippen molar-refractivity contribution in [1.29, 1.82) is 0 Å². The van der Waals surface area contributed by atoms with Gasteiger partial charge in [0, 0.05) is 45.0 Å². The van der Waals surface area contributed by atoms with Crippen LogP contribution in [0.1, 0.15) is 28.9 Å². The van der Waals surface area contributed by atoms with Gasteiger partial charge in [-0.25, -0.2) is 0 Å². The third-order valence-corrected chi connectivity index (χ3v) is 7.18. The van der Waals surface area contributed by atoms with Crippen LogP contribution >= 0.6 is 0 Å². The minimum atomic E-state index is -0.0417. The summed E-state index contributed by atoms with van der Waals surface area (Å²) in [5.74, 6) is 2.38. The van der Waals surface area contributed by atoms with E-state index in [4.69, 9.17) is 4.74 Å². The summed E-state index contributed by atoms with van der Waals surface area (Å²) in [5, 5.41) is 8.71. The first-order valence-corrected chi connectivity index (χ1v) is 12.5. The van der Waals surface area contributed by atoms with Crippen molar-refractivity contribution in [2.24, 2.45) is 5.92 Å². The molecule has 0 saturated carbocycles. The summed E-state index contributed by atoms with van der Waals surface area (Å²) >= 11 is 0. The lowest BCUT2D eigenvalue weighted by Crippen LogP contribution is -2.49. The highest BCUT2D eigenvalue weighted by Crippen LogP contribution is 2.25. The van der Waals surface area contributed by atoms with Crippen molar-refractivity contribution >= 4 is 17.4 Å². The van der Waals surface area contributed by atoms with E-state index in [0.717, 1.165) is 62.7 Å². The van der Waals surface area contributed by atoms with E-state index in [1.807, 2.05) is 29.2 Å². The zero-order valence-electron chi connectivity index (χ0n) is 20.3. The summed E-state index contributed by atoms with van der Waals surface area (Å²) in [4.78, 5) is 19.5. The zero-order chi connectivity index (χ0) is 24.0. The summed E-state index contributed by atoms with van der Waals surface area (Å²) in [6.45, 7) is 4.88. The Kier molecular flexibility index (Phi) is 7.12. The van der Waals surface area contributed by atoms with E-state index in [-0.39, 0.29) is 5.91 Å². The van der Waals surface area contributed by atoms with Gasteiger partial charge in [0.05, 0.1) is 7.11 Å². The lowest BCUT2D eigenvalue weighted by atomic mass is 9.90. The van der Waals surface area contributed by atoms with Gasteiger partial charge >= 0.3 is 0 Å². The Morgan fingerprint density at radius 1 is 0.829 bits per heavy atom. The standard InChI is InChI=1S/C28H33N5O2/c1-35-25-9-7-24(8-10-25)31-17-19-33(20-18-31)28(34)26-11-12-27(30-29-26)32-15-13-23(14-16-32)21-22-5-3-2-4-6-22/h2-12,23H,13-21H2,1H3. The van der Waals surface area contributed by atoms with E-state index < -0.39 is 0 Å². The quantitative estimate of drug-likeness (QED) is 0.543. The van der Waals surface area contributed by atoms with Gasteiger partial charge in [0.25, 0.3) is 5.91 Å². The molecule has 3 aromatic rings. The van der Waals surface area contributed by atoms with Crippen LogP contribution in [0, 0.1) is 5.92 Å². The number of methoxy groups -OCH3 is 1. The van der Waals surface area contributed by atoms with E-state index in [2.05, 4.69) is 62.5 Å². The molecule has 0 atom stereocenters. The highest BCUT2D eigenvalue weighted by molar-refractivity contribution is 5.92. The van der Waals surface area contributed by atoms with E-state index in [1.165, 1.54) is 5.56 Å². The Hall–Kier alpha value is -3.61. The van der Waals surface area contributed by atoms with Crippen LogP contribution in [0.4, 0.5) is 11.5 Å². The maximum atomic E-state index is 13.0. The molecule has 3 heterocycles. The first-order valence-electron chi connectivity index (χ1n) is 12.5. The molecule has 0 spiro atoms. The lowest BCUT2D eigenvalue weighted by molar-refractivity contribution is 0.0739. The second-order valence-corrected chi connectivity index (χ2v) is 9.37. The number of carbonyl (C=O) groups is 1. The van der Waals surface area contributed by atoms with Crippen LogP contribution in [-0.4, -0.2) is 67.4 Å². The van der Waals surface area contributed by atoms with Crippen LogP contribution < -0.4 is 14.5 Å². The van der Waals surface area contributed by atoms with Gasteiger partial charge in [0.2, 0.25) is 0 Å². The van der Waals surface area contributed by atoms with Crippen molar-refractivity contribution in [3.8, 4) is 5.75 Å². The van der Waals surface area contributed by atoms with Gasteiger partial charge in [0.1, 0.15) is 5.75 Å². The molecule has 0 unspecified atom stereocenters. The summed E-state index contributed by atoms with van der Waals surface area (Å²) in [6.07, 6.45) is 3.44. The van der Waals surface area contributed by atoms with Crippen LogP contribution in [-0.2, 0) is 6.42 Å². The largest absolute Gasteiger partial charge is 0.497 e. The average molecular weight is 472 g/mol. The Labute approximate surface area is 207 Å². The summed E-state index contributed by atoms with van der Waals surface area (Å²) in [6, 6.07) is 22.6. The van der Waals surface area contributed by atoms with Crippen LogP contribution in [0.2, 0.25) is 0 Å². The third kappa shape index (κ3) is 5.56. The maximum Gasteiger partial charge on any atom is 0.274 e. The van der Waals surface area contributed by atoms with Gasteiger partial charge in [-0.3, -0.25) is 4.79 Å². The molecular weight excluding hydrogens is 438 g/mol. The molecule has 7 nitrogen and oxygen atoms in total. The second-order valence-electron chi connectivity index (χ2n) is 9.37. The average Bonchev–Trinajstić information content (AvgIpc) is 2.94. The molecule has 182 valence electrons. The van der Waals surface area contributed by atoms with Crippen molar-refractivity contribution < 1.29 is 9.53 Å². The van der Waals surface area contributed by atoms with Gasteiger partial charge in [-0.15, -0.1) is 10.2 Å². The molecule has 1 amide bonds. The highest BCUT2D eigenvalue weighted by atomic mass is 16.5. The summed E-state index contributed by atoms with van der Waals surface area (Å²) in [7, 11) is 1.67. The molecule has 5 rings (SSSR count). The number of piperazine rings is 1. The monoisotopic (exact) mass is 471 g/mol. The first kappa shape index (κ1) is 23.1. The molecule has 0 N–H and O–H groups in total. The SMILES string of the molecule is COc1ccc(N2CCN(C(=O)c3ccc(N4CCC(Cc5ccccc5)CC4)nn3)CC2)cc1. The number of aromatic nitrogens is 2. The minimum absolute atomic E-state index is 0.0417. The molecule has 2 saturated heterocycles. The van der Waals surface area contributed by atoms with Crippen molar-refractivity contribution in [2.75, 3.05) is 56.2 Å². The van der Waals surface area contributed by atoms with E-state index in [1.54, 1.807) is 7.11 Å². The molecule has 0 radical (unpaired) electrons.